The topological polar surface area (TPSA) is 19.4 Å². The van der Waals surface area contributed by atoms with Gasteiger partial charge in [-0.3, -0.25) is 0 Å². The molecule has 1 aromatic rings. The molecule has 0 saturated heterocycles. The lowest BCUT2D eigenvalue weighted by Crippen LogP contribution is -2.17. The highest BCUT2D eigenvalue weighted by molar-refractivity contribution is 5.73. The molecule has 11 heavy (non-hydrogen) atoms. The van der Waals surface area contributed by atoms with E-state index in [1.165, 1.54) is 0 Å². The molecule has 1 aliphatic heterocycles. The molecule has 0 aromatic carbocycles. The van der Waals surface area contributed by atoms with Crippen LogP contribution in [0.5, 0.6) is 0 Å². The van der Waals surface area contributed by atoms with E-state index in [4.69, 9.17) is 0 Å². The van der Waals surface area contributed by atoms with Gasteiger partial charge < -0.3 is 9.80 Å². The highest BCUT2D eigenvalue weighted by Gasteiger charge is 2.22. The highest BCUT2D eigenvalue weighted by atomic mass is 15.4. The van der Waals surface area contributed by atoms with Crippen LogP contribution >= 0.6 is 0 Å². The SMILES string of the molecule is CN1[C]N(C)c2ncccc21. The zero-order chi connectivity index (χ0) is 7.84. The Morgan fingerprint density at radius 3 is 2.91 bits per heavy atom. The van der Waals surface area contributed by atoms with Gasteiger partial charge in [0.1, 0.15) is 0 Å². The molecule has 0 bridgehead atoms. The van der Waals surface area contributed by atoms with Crippen molar-refractivity contribution in [2.75, 3.05) is 23.9 Å². The highest BCUT2D eigenvalue weighted by Crippen LogP contribution is 2.32. The smallest absolute Gasteiger partial charge is 0.209 e. The van der Waals surface area contributed by atoms with E-state index in [1.54, 1.807) is 6.20 Å². The van der Waals surface area contributed by atoms with Crippen molar-refractivity contribution in [3.63, 3.8) is 0 Å². The first kappa shape index (κ1) is 6.46. The molecule has 0 saturated carbocycles. The van der Waals surface area contributed by atoms with Gasteiger partial charge in [0, 0.05) is 20.3 Å². The lowest BCUT2D eigenvalue weighted by molar-refractivity contribution is 1.03. The molecule has 3 nitrogen and oxygen atoms in total. The van der Waals surface area contributed by atoms with Crippen molar-refractivity contribution in [1.82, 2.24) is 4.98 Å². The van der Waals surface area contributed by atoms with Crippen molar-refractivity contribution in [3.05, 3.63) is 25.0 Å². The van der Waals surface area contributed by atoms with Crippen LogP contribution in [0.3, 0.4) is 0 Å². The van der Waals surface area contributed by atoms with Crippen LogP contribution in [0.2, 0.25) is 0 Å². The van der Waals surface area contributed by atoms with Crippen molar-refractivity contribution in [3.8, 4) is 0 Å². The van der Waals surface area contributed by atoms with Gasteiger partial charge in [0.05, 0.1) is 5.69 Å². The zero-order valence-electron chi connectivity index (χ0n) is 6.57. The molecule has 0 N–H and O–H groups in total. The standard InChI is InChI=1S/C8H9N3/c1-10-6-11(2)8-7(10)4-3-5-9-8/h3-5H,1-2H3. The van der Waals surface area contributed by atoms with Gasteiger partial charge >= 0.3 is 0 Å². The number of anilines is 2. The second kappa shape index (κ2) is 2.12. The Morgan fingerprint density at radius 1 is 1.36 bits per heavy atom. The van der Waals surface area contributed by atoms with Crippen LogP contribution in [-0.2, 0) is 0 Å². The van der Waals surface area contributed by atoms with Crippen LogP contribution in [0.1, 0.15) is 0 Å². The van der Waals surface area contributed by atoms with Gasteiger partial charge in [-0.15, -0.1) is 0 Å². The molecule has 1 aliphatic rings. The Hall–Kier alpha value is -1.25. The van der Waals surface area contributed by atoms with Crippen LogP contribution in [0.4, 0.5) is 11.5 Å². The van der Waals surface area contributed by atoms with Crippen molar-refractivity contribution in [2.24, 2.45) is 0 Å². The largest absolute Gasteiger partial charge is 0.341 e. The molecule has 0 spiro atoms. The van der Waals surface area contributed by atoms with E-state index in [0.717, 1.165) is 11.5 Å². The van der Waals surface area contributed by atoms with E-state index in [1.807, 2.05) is 36.0 Å². The first-order valence-corrected chi connectivity index (χ1v) is 3.48. The lowest BCUT2D eigenvalue weighted by Gasteiger charge is -2.07. The quantitative estimate of drug-likeness (QED) is 0.545. The van der Waals surface area contributed by atoms with E-state index in [-0.39, 0.29) is 0 Å². The summed E-state index contributed by atoms with van der Waals surface area (Å²) in [6, 6.07) is 3.95. The number of fused-ring (bicyclic) bond motifs is 1. The molecule has 0 aliphatic carbocycles. The number of hydrogen-bond donors (Lipinski definition) is 0. The second-order valence-corrected chi connectivity index (χ2v) is 2.56. The van der Waals surface area contributed by atoms with Crippen LogP contribution in [-0.4, -0.2) is 19.1 Å². The van der Waals surface area contributed by atoms with Crippen molar-refractivity contribution in [2.45, 2.75) is 0 Å². The average molecular weight is 147 g/mol. The number of rotatable bonds is 0. The number of aromatic nitrogens is 1. The molecular formula is C8H9N3. The third-order valence-corrected chi connectivity index (χ3v) is 1.75. The molecule has 2 rings (SSSR count). The molecule has 0 unspecified atom stereocenters. The van der Waals surface area contributed by atoms with E-state index in [0.29, 0.717) is 0 Å². The number of nitrogens with zero attached hydrogens (tertiary/aromatic N) is 3. The van der Waals surface area contributed by atoms with Crippen molar-refractivity contribution < 1.29 is 0 Å². The van der Waals surface area contributed by atoms with Crippen LogP contribution < -0.4 is 9.80 Å². The minimum Gasteiger partial charge on any atom is -0.341 e. The van der Waals surface area contributed by atoms with E-state index in [9.17, 15) is 0 Å². The van der Waals surface area contributed by atoms with Gasteiger partial charge in [-0.05, 0) is 12.1 Å². The Kier molecular flexibility index (Phi) is 1.24. The summed E-state index contributed by atoms with van der Waals surface area (Å²) in [7, 11) is 3.90. The monoisotopic (exact) mass is 147 g/mol. The molecule has 3 heteroatoms. The van der Waals surface area contributed by atoms with E-state index < -0.39 is 0 Å². The molecule has 0 atom stereocenters. The lowest BCUT2D eigenvalue weighted by atomic mass is 10.4. The fourth-order valence-electron chi connectivity index (χ4n) is 1.23. The summed E-state index contributed by atoms with van der Waals surface area (Å²) in [6.45, 7) is 3.09. The summed E-state index contributed by atoms with van der Waals surface area (Å²) in [5, 5.41) is 0. The fourth-order valence-corrected chi connectivity index (χ4v) is 1.23. The molecule has 56 valence electrons. The predicted octanol–water partition coefficient (Wildman–Crippen LogP) is 0.964. The summed E-state index contributed by atoms with van der Waals surface area (Å²) >= 11 is 0. The maximum absolute atomic E-state index is 4.21. The summed E-state index contributed by atoms with van der Waals surface area (Å²) in [5.41, 5.74) is 1.11. The van der Waals surface area contributed by atoms with E-state index >= 15 is 0 Å². The van der Waals surface area contributed by atoms with Crippen molar-refractivity contribution >= 4 is 11.5 Å². The maximum atomic E-state index is 4.21. The number of pyridine rings is 1. The Balaban J connectivity index is 2.52. The zero-order valence-corrected chi connectivity index (χ0v) is 6.57. The van der Waals surface area contributed by atoms with Crippen LogP contribution in [0.25, 0.3) is 0 Å². The third-order valence-electron chi connectivity index (χ3n) is 1.75. The van der Waals surface area contributed by atoms with Crippen LogP contribution in [0, 0.1) is 6.67 Å². The summed E-state index contributed by atoms with van der Waals surface area (Å²) in [4.78, 5) is 8.03. The normalized spacial score (nSPS) is 15.5. The average Bonchev–Trinajstić information content (AvgIpc) is 2.30. The summed E-state index contributed by atoms with van der Waals surface area (Å²) in [5.74, 6) is 0.968. The third kappa shape index (κ3) is 0.843. The Labute approximate surface area is 66.3 Å². The minimum atomic E-state index is 0.968. The first-order valence-electron chi connectivity index (χ1n) is 3.48. The second-order valence-electron chi connectivity index (χ2n) is 2.56. The molecule has 0 fully saturated rings. The van der Waals surface area contributed by atoms with Gasteiger partial charge in [0.25, 0.3) is 0 Å². The van der Waals surface area contributed by atoms with Crippen molar-refractivity contribution in [1.29, 1.82) is 0 Å². The Morgan fingerprint density at radius 2 is 2.18 bits per heavy atom. The van der Waals surface area contributed by atoms with Crippen LogP contribution in [0.15, 0.2) is 18.3 Å². The molecular weight excluding hydrogens is 138 g/mol. The molecule has 2 radical (unpaired) electrons. The first-order chi connectivity index (χ1) is 5.29. The van der Waals surface area contributed by atoms with Gasteiger partial charge in [-0.1, -0.05) is 0 Å². The molecule has 0 amide bonds. The molecule has 1 aromatic heterocycles. The van der Waals surface area contributed by atoms with Gasteiger partial charge in [0.15, 0.2) is 5.82 Å². The summed E-state index contributed by atoms with van der Waals surface area (Å²) in [6.07, 6.45) is 1.79. The van der Waals surface area contributed by atoms with Gasteiger partial charge in [-0.25, -0.2) is 4.98 Å². The summed E-state index contributed by atoms with van der Waals surface area (Å²) < 4.78 is 0. The minimum absolute atomic E-state index is 0.968. The van der Waals surface area contributed by atoms with Gasteiger partial charge in [0.2, 0.25) is 6.67 Å². The number of hydrogen-bond acceptors (Lipinski definition) is 3. The molecule has 2 heterocycles. The predicted molar refractivity (Wildman–Crippen MR) is 44.3 cm³/mol. The van der Waals surface area contributed by atoms with Gasteiger partial charge in [-0.2, -0.15) is 0 Å². The fraction of sp³-hybridized carbons (Fsp3) is 0.250. The maximum Gasteiger partial charge on any atom is 0.209 e. The van der Waals surface area contributed by atoms with E-state index in [2.05, 4.69) is 11.7 Å². The Bertz CT molecular complexity index is 245.